The lowest BCUT2D eigenvalue weighted by molar-refractivity contribution is -0.141. The topological polar surface area (TPSA) is 51.5 Å². The van der Waals surface area contributed by atoms with Gasteiger partial charge in [-0.1, -0.05) is 19.9 Å². The van der Waals surface area contributed by atoms with Crippen molar-refractivity contribution in [3.05, 3.63) is 35.6 Å². The second-order valence-corrected chi connectivity index (χ2v) is 5.64. The quantitative estimate of drug-likeness (QED) is 0.828. The van der Waals surface area contributed by atoms with E-state index in [9.17, 15) is 4.79 Å². The molecule has 1 unspecified atom stereocenters. The molecule has 1 heterocycles. The summed E-state index contributed by atoms with van der Waals surface area (Å²) in [5.41, 5.74) is 2.15. The second-order valence-electron chi connectivity index (χ2n) is 5.64. The summed E-state index contributed by atoms with van der Waals surface area (Å²) in [6.07, 6.45) is 0.314. The fraction of sp³-hybridized carbons (Fsp3) is 0.471. The van der Waals surface area contributed by atoms with E-state index in [1.165, 1.54) is 12.7 Å². The highest BCUT2D eigenvalue weighted by Gasteiger charge is 2.20. The van der Waals surface area contributed by atoms with Crippen molar-refractivity contribution in [3.63, 3.8) is 0 Å². The molecule has 2 rings (SSSR count). The Bertz CT molecular complexity index is 616. The Hall–Kier alpha value is -1.81. The van der Waals surface area contributed by atoms with E-state index < -0.39 is 0 Å². The van der Waals surface area contributed by atoms with Gasteiger partial charge in [0.25, 0.3) is 0 Å². The minimum atomic E-state index is -0.224. The minimum absolute atomic E-state index is 0.0163. The van der Waals surface area contributed by atoms with Gasteiger partial charge in [-0.3, -0.25) is 4.79 Å². The molecule has 0 aliphatic heterocycles. The van der Waals surface area contributed by atoms with E-state index in [-0.39, 0.29) is 11.9 Å². The molecule has 21 heavy (non-hydrogen) atoms. The molecule has 0 radical (unpaired) electrons. The number of benzene rings is 1. The fourth-order valence-corrected chi connectivity index (χ4v) is 2.45. The summed E-state index contributed by atoms with van der Waals surface area (Å²) in [7, 11) is 3.27. The van der Waals surface area contributed by atoms with Gasteiger partial charge in [0.15, 0.2) is 0 Å². The highest BCUT2D eigenvalue weighted by Crippen LogP contribution is 2.29. The Balaban J connectivity index is 2.32. The molecule has 0 fully saturated rings. The van der Waals surface area contributed by atoms with Crippen molar-refractivity contribution in [2.45, 2.75) is 32.1 Å². The predicted octanol–water partition coefficient (Wildman–Crippen LogP) is 3.42. The van der Waals surface area contributed by atoms with Gasteiger partial charge in [0.1, 0.15) is 11.3 Å². The predicted molar refractivity (Wildman–Crippen MR) is 83.6 cm³/mol. The highest BCUT2D eigenvalue weighted by molar-refractivity contribution is 5.79. The first kappa shape index (κ1) is 15.6. The molecular weight excluding hydrogens is 266 g/mol. The van der Waals surface area contributed by atoms with Crippen LogP contribution in [0.5, 0.6) is 0 Å². The molecule has 0 amide bonds. The number of hydrogen-bond donors (Lipinski definition) is 1. The molecule has 1 aromatic heterocycles. The van der Waals surface area contributed by atoms with Gasteiger partial charge in [-0.05, 0) is 36.7 Å². The first-order valence-corrected chi connectivity index (χ1v) is 7.30. The van der Waals surface area contributed by atoms with Crippen LogP contribution in [0.25, 0.3) is 11.0 Å². The third-order valence-electron chi connectivity index (χ3n) is 3.72. The minimum Gasteiger partial charge on any atom is -0.469 e. The van der Waals surface area contributed by atoms with Crippen LogP contribution in [0.4, 0.5) is 0 Å². The Morgan fingerprint density at radius 3 is 2.71 bits per heavy atom. The highest BCUT2D eigenvalue weighted by atomic mass is 16.5. The fourth-order valence-electron chi connectivity index (χ4n) is 2.45. The van der Waals surface area contributed by atoms with Gasteiger partial charge in [0, 0.05) is 17.8 Å². The number of ether oxygens (including phenoxy) is 1. The zero-order chi connectivity index (χ0) is 15.4. The number of rotatable bonds is 6. The van der Waals surface area contributed by atoms with Gasteiger partial charge < -0.3 is 14.5 Å². The summed E-state index contributed by atoms with van der Waals surface area (Å²) in [5, 5.41) is 4.19. The smallest absolute Gasteiger partial charge is 0.306 e. The first-order valence-electron chi connectivity index (χ1n) is 7.30. The summed E-state index contributed by atoms with van der Waals surface area (Å²) in [6, 6.07) is 8.28. The molecule has 0 bridgehead atoms. The summed E-state index contributed by atoms with van der Waals surface area (Å²) in [4.78, 5) is 11.5. The van der Waals surface area contributed by atoms with E-state index in [1.54, 1.807) is 0 Å². The van der Waals surface area contributed by atoms with Crippen LogP contribution in [-0.2, 0) is 9.53 Å². The Kier molecular flexibility index (Phi) is 5.02. The molecule has 1 N–H and O–H groups in total. The van der Waals surface area contributed by atoms with Gasteiger partial charge >= 0.3 is 5.97 Å². The number of hydrogen-bond acceptors (Lipinski definition) is 4. The average molecular weight is 289 g/mol. The van der Waals surface area contributed by atoms with E-state index >= 15 is 0 Å². The van der Waals surface area contributed by atoms with Crippen LogP contribution in [0.1, 0.15) is 43.4 Å². The number of carbonyl (C=O) groups is 1. The number of likely N-dealkylation sites (N-methyl/N-ethyl adjacent to an activating group) is 1. The Labute approximate surface area is 125 Å². The van der Waals surface area contributed by atoms with Crippen molar-refractivity contribution in [1.82, 2.24) is 5.32 Å². The number of nitrogens with one attached hydrogen (secondary N) is 1. The number of esters is 1. The zero-order valence-electron chi connectivity index (χ0n) is 13.1. The van der Waals surface area contributed by atoms with Crippen molar-refractivity contribution in [1.29, 1.82) is 0 Å². The van der Waals surface area contributed by atoms with Crippen LogP contribution in [0.3, 0.4) is 0 Å². The van der Waals surface area contributed by atoms with Crippen LogP contribution in [0.15, 0.2) is 28.7 Å². The van der Waals surface area contributed by atoms with Crippen LogP contribution >= 0.6 is 0 Å². The normalized spacial score (nSPS) is 12.8. The van der Waals surface area contributed by atoms with E-state index in [4.69, 9.17) is 9.15 Å². The van der Waals surface area contributed by atoms with Crippen LogP contribution in [-0.4, -0.2) is 26.7 Å². The molecule has 1 atom stereocenters. The van der Waals surface area contributed by atoms with Crippen LogP contribution < -0.4 is 5.32 Å². The number of carbonyl (C=O) groups excluding carboxylic acids is 1. The van der Waals surface area contributed by atoms with Gasteiger partial charge in [-0.25, -0.2) is 0 Å². The number of furan rings is 1. The summed E-state index contributed by atoms with van der Waals surface area (Å²) in [6.45, 7) is 5.01. The standard InChI is InChI=1S/C17H23NO3/c1-11(2)12-5-6-15-13(7-12)8-16(21-15)14(10-18-3)9-17(19)20-4/h5-8,11,14,18H,9-10H2,1-4H3. The van der Waals surface area contributed by atoms with Crippen LogP contribution in [0, 0.1) is 0 Å². The molecule has 0 spiro atoms. The largest absolute Gasteiger partial charge is 0.469 e. The van der Waals surface area contributed by atoms with Crippen molar-refractivity contribution >= 4 is 16.9 Å². The number of methoxy groups -OCH3 is 1. The van der Waals surface area contributed by atoms with Gasteiger partial charge in [-0.2, -0.15) is 0 Å². The van der Waals surface area contributed by atoms with E-state index in [1.807, 2.05) is 19.2 Å². The summed E-state index contributed by atoms with van der Waals surface area (Å²) in [5.74, 6) is 1.07. The molecule has 4 heteroatoms. The van der Waals surface area contributed by atoms with E-state index in [2.05, 4.69) is 31.3 Å². The molecule has 0 saturated heterocycles. The van der Waals surface area contributed by atoms with Crippen molar-refractivity contribution in [2.75, 3.05) is 20.7 Å². The Morgan fingerprint density at radius 2 is 2.10 bits per heavy atom. The van der Waals surface area contributed by atoms with E-state index in [0.717, 1.165) is 16.7 Å². The summed E-state index contributed by atoms with van der Waals surface area (Å²) >= 11 is 0. The van der Waals surface area contributed by atoms with Crippen LogP contribution in [0.2, 0.25) is 0 Å². The number of fused-ring (bicyclic) bond motifs is 1. The van der Waals surface area contributed by atoms with Gasteiger partial charge in [0.2, 0.25) is 0 Å². The molecule has 0 saturated carbocycles. The molecular formula is C17H23NO3. The third-order valence-corrected chi connectivity index (χ3v) is 3.72. The SMILES string of the molecule is CNCC(CC(=O)OC)c1cc2cc(C(C)C)ccc2o1. The lowest BCUT2D eigenvalue weighted by Gasteiger charge is -2.12. The lowest BCUT2D eigenvalue weighted by Crippen LogP contribution is -2.20. The van der Waals surface area contributed by atoms with Crippen molar-refractivity contribution in [2.24, 2.45) is 0 Å². The van der Waals surface area contributed by atoms with Gasteiger partial charge in [-0.15, -0.1) is 0 Å². The molecule has 1 aromatic carbocycles. The van der Waals surface area contributed by atoms with Crippen molar-refractivity contribution in [3.8, 4) is 0 Å². The molecule has 2 aromatic rings. The third kappa shape index (κ3) is 3.64. The zero-order valence-corrected chi connectivity index (χ0v) is 13.1. The molecule has 0 aliphatic carbocycles. The maximum atomic E-state index is 11.5. The maximum absolute atomic E-state index is 11.5. The molecule has 0 aliphatic rings. The summed E-state index contributed by atoms with van der Waals surface area (Å²) < 4.78 is 10.7. The van der Waals surface area contributed by atoms with E-state index in [0.29, 0.717) is 18.9 Å². The Morgan fingerprint density at radius 1 is 1.33 bits per heavy atom. The molecule has 4 nitrogen and oxygen atoms in total. The first-order chi connectivity index (χ1) is 10.0. The second kappa shape index (κ2) is 6.76. The monoisotopic (exact) mass is 289 g/mol. The van der Waals surface area contributed by atoms with Crippen molar-refractivity contribution < 1.29 is 13.9 Å². The van der Waals surface area contributed by atoms with Gasteiger partial charge in [0.05, 0.1) is 13.5 Å². The average Bonchev–Trinajstić information content (AvgIpc) is 2.89. The molecule has 114 valence electrons. The maximum Gasteiger partial charge on any atom is 0.306 e. The lowest BCUT2D eigenvalue weighted by atomic mass is 10.00.